The van der Waals surface area contributed by atoms with Crippen molar-refractivity contribution in [2.45, 2.75) is 445 Å². The van der Waals surface area contributed by atoms with Crippen LogP contribution in [0.5, 0.6) is 0 Å². The minimum absolute atomic E-state index is 0.289. The lowest BCUT2D eigenvalue weighted by molar-refractivity contribution is -0.0235. The first-order valence-electron chi connectivity index (χ1n) is 40.5. The van der Waals surface area contributed by atoms with Crippen molar-refractivity contribution in [2.75, 3.05) is 72.4 Å². The number of hydrogen-bond acceptors (Lipinski definition) is 6. The molecule has 0 spiro atoms. The summed E-state index contributed by atoms with van der Waals surface area (Å²) in [6.45, 7) is 22.0. The summed E-state index contributed by atoms with van der Waals surface area (Å²) in [5.41, 5.74) is 0. The zero-order valence-electron chi connectivity index (χ0n) is 60.5. The van der Waals surface area contributed by atoms with Crippen molar-refractivity contribution in [3.05, 3.63) is 0 Å². The van der Waals surface area contributed by atoms with Gasteiger partial charge in [0.25, 0.3) is 0 Å². The van der Waals surface area contributed by atoms with Gasteiger partial charge in [0.05, 0.1) is 25.9 Å². The fraction of sp³-hybridized carbons (Fsp3) is 1.00. The van der Waals surface area contributed by atoms with Crippen LogP contribution in [0.25, 0.3) is 0 Å². The van der Waals surface area contributed by atoms with Crippen LogP contribution < -0.4 is 10.6 Å². The molecule has 0 saturated heterocycles. The van der Waals surface area contributed by atoms with Gasteiger partial charge >= 0.3 is 0 Å². The van der Waals surface area contributed by atoms with Crippen LogP contribution in [0, 0.1) is 0 Å². The highest BCUT2D eigenvalue weighted by Crippen LogP contribution is 2.18. The van der Waals surface area contributed by atoms with Crippen molar-refractivity contribution in [3.63, 3.8) is 0 Å². The van der Waals surface area contributed by atoms with Crippen LogP contribution in [0.15, 0.2) is 0 Å². The topological polar surface area (TPSA) is 61.0 Å². The standard InChI is InChI=1S/C46H96N2O2.C34H70O2/c1-4-7-9-11-13-15-17-19-21-23-25-27-31-35-43-49-45-46(38-33-29-30-34-40-48-42-37-41-47-39-6-3)50-44-36-32-28-26-24-22-20-18-16-14-12-10-8-5-2;1-3-5-7-9-11-13-15-17-19-21-23-25-27-29-31-35-33-34-36-32-30-28-26-24-22-20-18-16-14-12-10-8-6-4-2/h46-48H,4-45H2,1-3H3;3-34H2,1-2H3. The maximum absolute atomic E-state index is 6.43. The van der Waals surface area contributed by atoms with E-state index in [2.05, 4.69) is 45.3 Å². The number of unbranched alkanes of at least 4 members (excludes halogenated alkanes) is 55. The molecule has 1 atom stereocenters. The highest BCUT2D eigenvalue weighted by molar-refractivity contribution is 4.61. The van der Waals surface area contributed by atoms with Gasteiger partial charge in [-0.15, -0.1) is 0 Å². The minimum Gasteiger partial charge on any atom is -0.379 e. The molecule has 0 amide bonds. The van der Waals surface area contributed by atoms with E-state index in [-0.39, 0.29) is 6.10 Å². The number of ether oxygens (including phenoxy) is 4. The normalized spacial score (nSPS) is 12.0. The molecule has 0 aromatic rings. The van der Waals surface area contributed by atoms with E-state index in [0.717, 1.165) is 78.8 Å². The van der Waals surface area contributed by atoms with Crippen LogP contribution in [0.3, 0.4) is 0 Å². The zero-order chi connectivity index (χ0) is 62.1. The van der Waals surface area contributed by atoms with Crippen molar-refractivity contribution in [2.24, 2.45) is 0 Å². The Morgan fingerprint density at radius 3 is 0.721 bits per heavy atom. The summed E-state index contributed by atoms with van der Waals surface area (Å²) in [6, 6.07) is 0. The second kappa shape index (κ2) is 86.8. The molecule has 0 aliphatic rings. The molecule has 0 rings (SSSR count). The van der Waals surface area contributed by atoms with E-state index >= 15 is 0 Å². The maximum atomic E-state index is 6.43. The molecular formula is C80H166N2O4. The molecule has 520 valence electrons. The first kappa shape index (κ1) is 87.8. The number of hydrogen-bond donors (Lipinski definition) is 2. The van der Waals surface area contributed by atoms with Gasteiger partial charge in [-0.3, -0.25) is 0 Å². The van der Waals surface area contributed by atoms with Gasteiger partial charge in [0.1, 0.15) is 0 Å². The van der Waals surface area contributed by atoms with Gasteiger partial charge in [-0.25, -0.2) is 0 Å². The van der Waals surface area contributed by atoms with Gasteiger partial charge in [-0.2, -0.15) is 0 Å². The average Bonchev–Trinajstić information content (AvgIpc) is 3.52. The van der Waals surface area contributed by atoms with E-state index < -0.39 is 0 Å². The molecule has 0 heterocycles. The Kier molecular flexibility index (Phi) is 88.7. The Morgan fingerprint density at radius 2 is 0.419 bits per heavy atom. The van der Waals surface area contributed by atoms with E-state index in [1.54, 1.807) is 0 Å². The summed E-state index contributed by atoms with van der Waals surface area (Å²) in [6.07, 6.45) is 88.1. The molecular weight excluding hydrogens is 1050 g/mol. The van der Waals surface area contributed by atoms with Crippen LogP contribution in [-0.4, -0.2) is 78.5 Å². The summed E-state index contributed by atoms with van der Waals surface area (Å²) >= 11 is 0. The maximum Gasteiger partial charge on any atom is 0.0808 e. The summed E-state index contributed by atoms with van der Waals surface area (Å²) in [4.78, 5) is 0. The van der Waals surface area contributed by atoms with E-state index in [4.69, 9.17) is 18.9 Å². The average molecular weight is 1220 g/mol. The zero-order valence-corrected chi connectivity index (χ0v) is 60.5. The van der Waals surface area contributed by atoms with Crippen LogP contribution in [0.1, 0.15) is 439 Å². The Hall–Kier alpha value is -0.240. The first-order chi connectivity index (χ1) is 42.8. The molecule has 0 aliphatic heterocycles. The predicted molar refractivity (Wildman–Crippen MR) is 387 cm³/mol. The first-order valence-corrected chi connectivity index (χ1v) is 40.5. The second-order valence-corrected chi connectivity index (χ2v) is 27.2. The number of rotatable bonds is 79. The molecule has 0 fully saturated rings. The highest BCUT2D eigenvalue weighted by atomic mass is 16.5. The van der Waals surface area contributed by atoms with Crippen molar-refractivity contribution in [3.8, 4) is 0 Å². The third-order valence-electron chi connectivity index (χ3n) is 18.2. The van der Waals surface area contributed by atoms with Gasteiger partial charge in [-0.1, -0.05) is 388 Å². The van der Waals surface area contributed by atoms with E-state index in [1.165, 1.54) is 398 Å². The van der Waals surface area contributed by atoms with Gasteiger partial charge in [0, 0.05) is 26.4 Å². The van der Waals surface area contributed by atoms with Crippen molar-refractivity contribution >= 4 is 0 Å². The van der Waals surface area contributed by atoms with Crippen molar-refractivity contribution in [1.29, 1.82) is 0 Å². The van der Waals surface area contributed by atoms with Crippen molar-refractivity contribution in [1.82, 2.24) is 10.6 Å². The van der Waals surface area contributed by atoms with Crippen LogP contribution >= 0.6 is 0 Å². The molecule has 0 aromatic heterocycles. The number of nitrogens with one attached hydrogen (secondary N) is 2. The van der Waals surface area contributed by atoms with Gasteiger partial charge in [-0.05, 0) is 77.5 Å². The third-order valence-corrected chi connectivity index (χ3v) is 18.2. The molecule has 1 unspecified atom stereocenters. The lowest BCUT2D eigenvalue weighted by Gasteiger charge is -2.18. The largest absolute Gasteiger partial charge is 0.379 e. The summed E-state index contributed by atoms with van der Waals surface area (Å²) in [7, 11) is 0. The van der Waals surface area contributed by atoms with Crippen molar-refractivity contribution < 1.29 is 18.9 Å². The van der Waals surface area contributed by atoms with E-state index in [0.29, 0.717) is 0 Å². The molecule has 86 heavy (non-hydrogen) atoms. The molecule has 0 aromatic carbocycles. The van der Waals surface area contributed by atoms with Gasteiger partial charge < -0.3 is 29.6 Å². The molecule has 6 heteroatoms. The Labute approximate surface area is 544 Å². The SMILES string of the molecule is CCCCCCCCCCCCCCCCOCC(CCCCCCNCCCNCCC)OCCCCCCCCCCCCCCCC.CCCCCCCCCCCCCCCCOCCOCCCCCCCCCCCCCCCC. The molecule has 6 nitrogen and oxygen atoms in total. The Bertz CT molecular complexity index is 1060. The molecule has 0 saturated carbocycles. The van der Waals surface area contributed by atoms with Crippen LogP contribution in [0.4, 0.5) is 0 Å². The second-order valence-electron chi connectivity index (χ2n) is 27.2. The molecule has 2 N–H and O–H groups in total. The minimum atomic E-state index is 0.289. The smallest absolute Gasteiger partial charge is 0.0808 e. The molecule has 0 bridgehead atoms. The predicted octanol–water partition coefficient (Wildman–Crippen LogP) is 26.3. The van der Waals surface area contributed by atoms with Gasteiger partial charge in [0.2, 0.25) is 0 Å². The quantitative estimate of drug-likeness (QED) is 0.0592. The Morgan fingerprint density at radius 1 is 0.186 bits per heavy atom. The third kappa shape index (κ3) is 85.8. The summed E-state index contributed by atoms with van der Waals surface area (Å²) < 4.78 is 24.1. The lowest BCUT2D eigenvalue weighted by atomic mass is 10.0. The molecule has 0 aliphatic carbocycles. The van der Waals surface area contributed by atoms with Crippen LogP contribution in [-0.2, 0) is 18.9 Å². The highest BCUT2D eigenvalue weighted by Gasteiger charge is 2.10. The monoisotopic (exact) mass is 1220 g/mol. The fourth-order valence-corrected chi connectivity index (χ4v) is 12.2. The van der Waals surface area contributed by atoms with Crippen LogP contribution in [0.2, 0.25) is 0 Å². The van der Waals surface area contributed by atoms with E-state index in [1.807, 2.05) is 0 Å². The lowest BCUT2D eigenvalue weighted by Crippen LogP contribution is -2.23. The summed E-state index contributed by atoms with van der Waals surface area (Å²) in [5.74, 6) is 0. The summed E-state index contributed by atoms with van der Waals surface area (Å²) in [5, 5.41) is 7.11. The van der Waals surface area contributed by atoms with E-state index in [9.17, 15) is 0 Å². The van der Waals surface area contributed by atoms with Gasteiger partial charge in [0.15, 0.2) is 0 Å². The molecule has 0 radical (unpaired) electrons. The Balaban J connectivity index is 0. The fourth-order valence-electron chi connectivity index (χ4n) is 12.2.